The van der Waals surface area contributed by atoms with Gasteiger partial charge in [-0.25, -0.2) is 13.2 Å². The molecule has 0 saturated carbocycles. The summed E-state index contributed by atoms with van der Waals surface area (Å²) in [5.41, 5.74) is 2.43. The zero-order chi connectivity index (χ0) is 24.8. The second kappa shape index (κ2) is 11.5. The van der Waals surface area contributed by atoms with E-state index >= 15 is 0 Å². The summed E-state index contributed by atoms with van der Waals surface area (Å²) in [7, 11) is 6.01. The van der Waals surface area contributed by atoms with Crippen LogP contribution in [0.3, 0.4) is 0 Å². The molecule has 0 spiro atoms. The van der Waals surface area contributed by atoms with Gasteiger partial charge >= 0.3 is 0 Å². The van der Waals surface area contributed by atoms with E-state index in [9.17, 15) is 18.0 Å². The normalized spacial score (nSPS) is 15.1. The average molecular weight is 477 g/mol. The summed E-state index contributed by atoms with van der Waals surface area (Å²) in [6.07, 6.45) is 2.24. The van der Waals surface area contributed by atoms with Crippen LogP contribution in [0.4, 0.5) is 13.2 Å². The van der Waals surface area contributed by atoms with Crippen molar-refractivity contribution in [1.29, 1.82) is 0 Å². The monoisotopic (exact) mass is 477 g/mol. The van der Waals surface area contributed by atoms with Crippen LogP contribution in [-0.4, -0.2) is 37.8 Å². The topological polar surface area (TPSA) is 29.5 Å². The number of piperidine rings is 1. The van der Waals surface area contributed by atoms with Crippen molar-refractivity contribution < 1.29 is 22.7 Å². The maximum absolute atomic E-state index is 13.9. The third-order valence-corrected chi connectivity index (χ3v) is 6.28. The number of hydrogen-bond donors (Lipinski definition) is 0. The Morgan fingerprint density at radius 1 is 0.914 bits per heavy atom. The Kier molecular flexibility index (Phi) is 8.16. The van der Waals surface area contributed by atoms with Crippen molar-refractivity contribution in [1.82, 2.24) is 4.90 Å². The van der Waals surface area contributed by atoms with Crippen LogP contribution in [0, 0.1) is 17.5 Å². The fraction of sp³-hybridized carbons (Fsp3) is 0.321. The fourth-order valence-corrected chi connectivity index (χ4v) is 4.36. The van der Waals surface area contributed by atoms with E-state index in [-0.39, 0.29) is 30.4 Å². The Bertz CT molecular complexity index is 1130. The Morgan fingerprint density at radius 3 is 2.23 bits per heavy atom. The van der Waals surface area contributed by atoms with Crippen molar-refractivity contribution in [2.75, 3.05) is 13.1 Å². The summed E-state index contributed by atoms with van der Waals surface area (Å²) < 4.78 is 46.5. The number of halogens is 3. The summed E-state index contributed by atoms with van der Waals surface area (Å²) in [5.74, 6) is -3.26. The SMILES string of the molecule is [B]C(CC(=O)N1CCC(Oc2ccc(Cc3ccccc3)cc2)CC1)Cc1cc(F)c(F)cc1F. The van der Waals surface area contributed by atoms with E-state index < -0.39 is 23.3 Å². The minimum Gasteiger partial charge on any atom is -0.490 e. The molecule has 1 heterocycles. The Labute approximate surface area is 205 Å². The number of hydrogen-bond acceptors (Lipinski definition) is 2. The lowest BCUT2D eigenvalue weighted by atomic mass is 9.79. The molecule has 3 aromatic carbocycles. The number of likely N-dealkylation sites (tertiary alicyclic amines) is 1. The minimum absolute atomic E-state index is 0.00678. The third-order valence-electron chi connectivity index (χ3n) is 6.28. The molecule has 7 heteroatoms. The predicted molar refractivity (Wildman–Crippen MR) is 130 cm³/mol. The lowest BCUT2D eigenvalue weighted by Gasteiger charge is -2.33. The summed E-state index contributed by atoms with van der Waals surface area (Å²) >= 11 is 0. The largest absolute Gasteiger partial charge is 0.490 e. The Hall–Kier alpha value is -3.22. The second-order valence-electron chi connectivity index (χ2n) is 9.03. The highest BCUT2D eigenvalue weighted by atomic mass is 19.2. The van der Waals surface area contributed by atoms with E-state index in [1.54, 1.807) is 4.90 Å². The number of carbonyl (C=O) groups is 1. The summed E-state index contributed by atoms with van der Waals surface area (Å²) in [6.45, 7) is 1.09. The zero-order valence-electron chi connectivity index (χ0n) is 19.4. The van der Waals surface area contributed by atoms with Gasteiger partial charge in [-0.1, -0.05) is 48.3 Å². The highest BCUT2D eigenvalue weighted by Crippen LogP contribution is 2.24. The highest BCUT2D eigenvalue weighted by molar-refractivity contribution is 6.13. The third kappa shape index (κ3) is 6.90. The van der Waals surface area contributed by atoms with E-state index in [0.29, 0.717) is 32.0 Å². The van der Waals surface area contributed by atoms with Crippen molar-refractivity contribution in [2.24, 2.45) is 0 Å². The number of amides is 1. The van der Waals surface area contributed by atoms with E-state index in [1.807, 2.05) is 30.3 Å². The molecule has 180 valence electrons. The van der Waals surface area contributed by atoms with Crippen LogP contribution in [0.2, 0.25) is 5.82 Å². The standard InChI is InChI=1S/C28H27BF3NO2/c29-22(15-21-16-26(31)27(32)18-25(21)30)17-28(34)33-12-10-24(11-13-33)35-23-8-6-20(7-9-23)14-19-4-2-1-3-5-19/h1-9,16,18,22,24H,10-15,17H2. The van der Waals surface area contributed by atoms with Gasteiger partial charge < -0.3 is 9.64 Å². The molecular formula is C28H27BF3NO2. The van der Waals surface area contributed by atoms with Gasteiger partial charge in [0.15, 0.2) is 11.6 Å². The molecule has 1 atom stereocenters. The van der Waals surface area contributed by atoms with Gasteiger partial charge in [0.1, 0.15) is 17.7 Å². The van der Waals surface area contributed by atoms with Crippen LogP contribution in [0.15, 0.2) is 66.7 Å². The van der Waals surface area contributed by atoms with Crippen molar-refractivity contribution in [3.05, 3.63) is 101 Å². The molecular weight excluding hydrogens is 450 g/mol. The lowest BCUT2D eigenvalue weighted by molar-refractivity contribution is -0.133. The van der Waals surface area contributed by atoms with E-state index in [2.05, 4.69) is 24.3 Å². The van der Waals surface area contributed by atoms with Gasteiger partial charge in [-0.2, -0.15) is 0 Å². The molecule has 1 saturated heterocycles. The molecule has 1 aliphatic rings. The molecule has 3 nitrogen and oxygen atoms in total. The molecule has 3 aromatic rings. The molecule has 1 unspecified atom stereocenters. The Balaban J connectivity index is 1.22. The van der Waals surface area contributed by atoms with Gasteiger partial charge in [-0.05, 0) is 47.7 Å². The molecule has 0 N–H and O–H groups in total. The van der Waals surface area contributed by atoms with E-state index in [1.165, 1.54) is 11.1 Å². The maximum atomic E-state index is 13.9. The number of nitrogens with zero attached hydrogens (tertiary/aromatic N) is 1. The highest BCUT2D eigenvalue weighted by Gasteiger charge is 2.25. The van der Waals surface area contributed by atoms with Crippen LogP contribution >= 0.6 is 0 Å². The van der Waals surface area contributed by atoms with Crippen molar-refractivity contribution >= 4 is 13.8 Å². The average Bonchev–Trinajstić information content (AvgIpc) is 2.85. The zero-order valence-corrected chi connectivity index (χ0v) is 19.4. The van der Waals surface area contributed by atoms with Crippen molar-refractivity contribution in [2.45, 2.75) is 44.0 Å². The predicted octanol–water partition coefficient (Wildman–Crippen LogP) is 5.65. The number of carbonyl (C=O) groups excluding carboxylic acids is 1. The lowest BCUT2D eigenvalue weighted by Crippen LogP contribution is -2.42. The van der Waals surface area contributed by atoms with E-state index in [0.717, 1.165) is 18.2 Å². The van der Waals surface area contributed by atoms with Crippen molar-refractivity contribution in [3.8, 4) is 5.75 Å². The van der Waals surface area contributed by atoms with Crippen LogP contribution in [0.1, 0.15) is 36.0 Å². The number of ether oxygens (including phenoxy) is 1. The van der Waals surface area contributed by atoms with Gasteiger partial charge in [0.2, 0.25) is 5.91 Å². The van der Waals surface area contributed by atoms with Gasteiger partial charge in [-0.3, -0.25) is 4.79 Å². The van der Waals surface area contributed by atoms with Crippen LogP contribution in [0.25, 0.3) is 0 Å². The van der Waals surface area contributed by atoms with Gasteiger partial charge in [-0.15, -0.1) is 0 Å². The molecule has 1 fully saturated rings. The smallest absolute Gasteiger partial charge is 0.222 e. The quantitative estimate of drug-likeness (QED) is 0.310. The first-order valence-electron chi connectivity index (χ1n) is 11.8. The minimum atomic E-state index is -1.25. The molecule has 0 aliphatic carbocycles. The molecule has 1 aliphatic heterocycles. The molecule has 4 rings (SSSR count). The van der Waals surface area contributed by atoms with Crippen LogP contribution < -0.4 is 4.74 Å². The molecule has 0 aromatic heterocycles. The van der Waals surface area contributed by atoms with Crippen molar-refractivity contribution in [3.63, 3.8) is 0 Å². The van der Waals surface area contributed by atoms with Gasteiger partial charge in [0, 0.05) is 38.4 Å². The Morgan fingerprint density at radius 2 is 1.54 bits per heavy atom. The number of rotatable bonds is 8. The molecule has 2 radical (unpaired) electrons. The first-order chi connectivity index (χ1) is 16.9. The first kappa shape index (κ1) is 24.9. The summed E-state index contributed by atoms with van der Waals surface area (Å²) in [5, 5.41) is 0. The van der Waals surface area contributed by atoms with Crippen LogP contribution in [-0.2, 0) is 17.6 Å². The fourth-order valence-electron chi connectivity index (χ4n) is 4.36. The molecule has 0 bridgehead atoms. The van der Waals surface area contributed by atoms with Gasteiger partial charge in [0.25, 0.3) is 0 Å². The van der Waals surface area contributed by atoms with E-state index in [4.69, 9.17) is 12.6 Å². The number of benzene rings is 3. The summed E-state index contributed by atoms with van der Waals surface area (Å²) in [6, 6.07) is 19.7. The van der Waals surface area contributed by atoms with Gasteiger partial charge in [0.05, 0.1) is 7.85 Å². The molecule has 35 heavy (non-hydrogen) atoms. The maximum Gasteiger partial charge on any atom is 0.222 e. The second-order valence-corrected chi connectivity index (χ2v) is 9.03. The van der Waals surface area contributed by atoms with Crippen LogP contribution in [0.5, 0.6) is 5.75 Å². The molecule has 1 amide bonds. The summed E-state index contributed by atoms with van der Waals surface area (Å²) in [4.78, 5) is 14.4. The first-order valence-corrected chi connectivity index (χ1v) is 11.8.